The number of aliphatic carboxylic acids is 2. The molecule has 1 aliphatic heterocycles. The molecule has 1 aliphatic rings. The van der Waals surface area contributed by atoms with Gasteiger partial charge < -0.3 is 15.1 Å². The fraction of sp³-hybridized carbons (Fsp3) is 0.176. The van der Waals surface area contributed by atoms with Crippen LogP contribution in [-0.2, 0) is 22.4 Å². The molecule has 0 fully saturated rings. The molecule has 0 radical (unpaired) electrons. The van der Waals surface area contributed by atoms with Crippen molar-refractivity contribution >= 4 is 35.1 Å². The van der Waals surface area contributed by atoms with Crippen LogP contribution in [0.4, 0.5) is 11.4 Å². The molecule has 0 aromatic heterocycles. The van der Waals surface area contributed by atoms with Crippen LogP contribution >= 0.6 is 11.8 Å². The summed E-state index contributed by atoms with van der Waals surface area (Å²) in [5.41, 5.74) is 3.48. The van der Waals surface area contributed by atoms with Crippen LogP contribution in [-0.4, -0.2) is 29.2 Å². The zero-order chi connectivity index (χ0) is 16.6. The summed E-state index contributed by atoms with van der Waals surface area (Å²) >= 11 is 1.57. The van der Waals surface area contributed by atoms with E-state index < -0.39 is 11.9 Å². The van der Waals surface area contributed by atoms with Crippen molar-refractivity contribution in [3.8, 4) is 0 Å². The third-order valence-corrected chi connectivity index (χ3v) is 4.81. The van der Waals surface area contributed by atoms with Crippen molar-refractivity contribution in [2.24, 2.45) is 0 Å². The summed E-state index contributed by atoms with van der Waals surface area (Å²) in [5, 5.41) is 17.8. The number of hydrogen-bond donors (Lipinski definition) is 2. The van der Waals surface area contributed by atoms with Crippen molar-refractivity contribution in [1.82, 2.24) is 0 Å². The van der Waals surface area contributed by atoms with Crippen LogP contribution in [0.1, 0.15) is 11.1 Å². The lowest BCUT2D eigenvalue weighted by atomic mass is 10.1. The summed E-state index contributed by atoms with van der Waals surface area (Å²) < 4.78 is 0. The minimum Gasteiger partial charge on any atom is -0.481 e. The van der Waals surface area contributed by atoms with Gasteiger partial charge in [-0.3, -0.25) is 9.59 Å². The van der Waals surface area contributed by atoms with Crippen LogP contribution in [0.5, 0.6) is 0 Å². The number of hydrogen-bond acceptors (Lipinski definition) is 4. The summed E-state index contributed by atoms with van der Waals surface area (Å²) in [5.74, 6) is -1.70. The molecule has 2 N–H and O–H groups in total. The number of carboxylic acid groups (broad SMARTS) is 2. The molecule has 0 unspecified atom stereocenters. The van der Waals surface area contributed by atoms with Gasteiger partial charge in [-0.25, -0.2) is 0 Å². The smallest absolute Gasteiger partial charge is 0.307 e. The topological polar surface area (TPSA) is 77.8 Å². The van der Waals surface area contributed by atoms with Crippen LogP contribution < -0.4 is 4.90 Å². The maximum Gasteiger partial charge on any atom is 0.307 e. The van der Waals surface area contributed by atoms with Crippen molar-refractivity contribution < 1.29 is 19.8 Å². The molecule has 118 valence electrons. The first-order valence-electron chi connectivity index (χ1n) is 7.05. The molecule has 23 heavy (non-hydrogen) atoms. The van der Waals surface area contributed by atoms with Crippen molar-refractivity contribution in [2.75, 3.05) is 11.9 Å². The molecular weight excluding hydrogens is 314 g/mol. The van der Waals surface area contributed by atoms with Crippen molar-refractivity contribution in [2.45, 2.75) is 22.6 Å². The lowest BCUT2D eigenvalue weighted by molar-refractivity contribution is -0.137. The first-order chi connectivity index (χ1) is 10.9. The number of anilines is 2. The lowest BCUT2D eigenvalue weighted by Crippen LogP contribution is -2.15. The van der Waals surface area contributed by atoms with E-state index in [2.05, 4.69) is 0 Å². The monoisotopic (exact) mass is 329 g/mol. The SMILES string of the molecule is CN1c2ccc(CC(=O)O)cc2Sc2ccc(CC(=O)O)cc21. The molecular formula is C17H15NO4S. The average molecular weight is 329 g/mol. The molecule has 0 spiro atoms. The second kappa shape index (κ2) is 5.96. The Balaban J connectivity index is 1.96. The average Bonchev–Trinajstić information content (AvgIpc) is 2.47. The molecule has 6 heteroatoms. The van der Waals surface area contributed by atoms with E-state index in [-0.39, 0.29) is 12.8 Å². The fourth-order valence-corrected chi connectivity index (χ4v) is 3.84. The van der Waals surface area contributed by atoms with Gasteiger partial charge in [0.25, 0.3) is 0 Å². The van der Waals surface area contributed by atoms with Gasteiger partial charge >= 0.3 is 11.9 Å². The zero-order valence-corrected chi connectivity index (χ0v) is 13.3. The molecule has 0 aliphatic carbocycles. The quantitative estimate of drug-likeness (QED) is 0.897. The van der Waals surface area contributed by atoms with E-state index in [1.54, 1.807) is 11.8 Å². The Morgan fingerprint density at radius 1 is 0.913 bits per heavy atom. The molecule has 3 rings (SSSR count). The normalized spacial score (nSPS) is 12.5. The van der Waals surface area contributed by atoms with Gasteiger partial charge in [0.05, 0.1) is 24.2 Å². The highest BCUT2D eigenvalue weighted by molar-refractivity contribution is 7.99. The molecule has 2 aromatic carbocycles. The molecule has 0 saturated carbocycles. The third kappa shape index (κ3) is 3.17. The Bertz CT molecular complexity index is 803. The first-order valence-corrected chi connectivity index (χ1v) is 7.86. The Kier molecular flexibility index (Phi) is 4.00. The van der Waals surface area contributed by atoms with Gasteiger partial charge in [0.2, 0.25) is 0 Å². The number of fused-ring (bicyclic) bond motifs is 2. The van der Waals surface area contributed by atoms with Gasteiger partial charge in [0, 0.05) is 16.8 Å². The molecule has 5 nitrogen and oxygen atoms in total. The highest BCUT2D eigenvalue weighted by Gasteiger charge is 2.22. The van der Waals surface area contributed by atoms with Gasteiger partial charge in [0.1, 0.15) is 0 Å². The first kappa shape index (κ1) is 15.4. The minimum atomic E-state index is -0.852. The highest BCUT2D eigenvalue weighted by Crippen LogP contribution is 2.47. The number of benzene rings is 2. The second-order valence-electron chi connectivity index (χ2n) is 5.41. The standard InChI is InChI=1S/C17H15NO4S/c1-18-12-4-2-11(9-17(21)22)7-15(12)23-14-5-3-10(6-13(14)18)8-16(19)20/h2-7H,8-9H2,1H3,(H,19,20)(H,21,22). The van der Waals surface area contributed by atoms with Crippen LogP contribution in [0.3, 0.4) is 0 Å². The van der Waals surface area contributed by atoms with E-state index in [0.717, 1.165) is 32.3 Å². The Morgan fingerprint density at radius 3 is 2.17 bits per heavy atom. The zero-order valence-electron chi connectivity index (χ0n) is 12.4. The van der Waals surface area contributed by atoms with E-state index in [0.29, 0.717) is 0 Å². The summed E-state index contributed by atoms with van der Waals surface area (Å²) in [7, 11) is 1.93. The number of rotatable bonds is 4. The largest absolute Gasteiger partial charge is 0.481 e. The van der Waals surface area contributed by atoms with E-state index in [1.165, 1.54) is 0 Å². The van der Waals surface area contributed by atoms with Crippen LogP contribution in [0, 0.1) is 0 Å². The summed E-state index contributed by atoms with van der Waals surface area (Å²) in [4.78, 5) is 25.8. The second-order valence-corrected chi connectivity index (χ2v) is 6.49. The molecule has 0 amide bonds. The Labute approximate surface area is 137 Å². The van der Waals surface area contributed by atoms with Gasteiger partial charge in [-0.05, 0) is 35.4 Å². The van der Waals surface area contributed by atoms with Crippen molar-refractivity contribution in [3.05, 3.63) is 47.5 Å². The maximum atomic E-state index is 10.9. The maximum absolute atomic E-state index is 10.9. The molecule has 0 saturated heterocycles. The van der Waals surface area contributed by atoms with Crippen LogP contribution in [0.2, 0.25) is 0 Å². The molecule has 0 atom stereocenters. The molecule has 1 heterocycles. The van der Waals surface area contributed by atoms with Gasteiger partial charge in [-0.2, -0.15) is 0 Å². The van der Waals surface area contributed by atoms with E-state index in [1.807, 2.05) is 48.3 Å². The highest BCUT2D eigenvalue weighted by atomic mass is 32.2. The molecule has 2 aromatic rings. The Morgan fingerprint density at radius 2 is 1.52 bits per heavy atom. The molecule has 0 bridgehead atoms. The Hall–Kier alpha value is -2.47. The van der Waals surface area contributed by atoms with E-state index in [9.17, 15) is 9.59 Å². The lowest BCUT2D eigenvalue weighted by Gasteiger charge is -2.30. The predicted molar refractivity (Wildman–Crippen MR) is 87.7 cm³/mol. The van der Waals surface area contributed by atoms with Gasteiger partial charge in [-0.15, -0.1) is 0 Å². The van der Waals surface area contributed by atoms with Crippen molar-refractivity contribution in [1.29, 1.82) is 0 Å². The number of nitrogens with zero attached hydrogens (tertiary/aromatic N) is 1. The number of carboxylic acids is 2. The summed E-state index contributed by atoms with van der Waals surface area (Å²) in [6, 6.07) is 11.3. The van der Waals surface area contributed by atoms with Crippen LogP contribution in [0.15, 0.2) is 46.2 Å². The predicted octanol–water partition coefficient (Wildman–Crippen LogP) is 3.17. The van der Waals surface area contributed by atoms with Crippen LogP contribution in [0.25, 0.3) is 0 Å². The summed E-state index contributed by atoms with van der Waals surface area (Å²) in [6.07, 6.45) is -0.00183. The van der Waals surface area contributed by atoms with Gasteiger partial charge in [-0.1, -0.05) is 23.9 Å². The third-order valence-electron chi connectivity index (χ3n) is 3.70. The van der Waals surface area contributed by atoms with Crippen molar-refractivity contribution in [3.63, 3.8) is 0 Å². The van der Waals surface area contributed by atoms with E-state index >= 15 is 0 Å². The summed E-state index contributed by atoms with van der Waals surface area (Å²) in [6.45, 7) is 0. The minimum absolute atomic E-state index is 0.00195. The van der Waals surface area contributed by atoms with Gasteiger partial charge in [0.15, 0.2) is 0 Å². The fourth-order valence-electron chi connectivity index (χ4n) is 2.65. The van der Waals surface area contributed by atoms with E-state index in [4.69, 9.17) is 10.2 Å². The number of carbonyl (C=O) groups is 2.